The molecule has 2 aromatic rings. The summed E-state index contributed by atoms with van der Waals surface area (Å²) in [5, 5.41) is 15.2. The predicted molar refractivity (Wildman–Crippen MR) is 87.4 cm³/mol. The van der Waals surface area contributed by atoms with Crippen molar-refractivity contribution in [1.82, 2.24) is 9.55 Å². The van der Waals surface area contributed by atoms with Crippen molar-refractivity contribution < 1.29 is 4.92 Å². The molecule has 0 fully saturated rings. The van der Waals surface area contributed by atoms with Gasteiger partial charge in [0.25, 0.3) is 5.69 Å². The molecule has 0 spiro atoms. The monoisotopic (exact) mass is 332 g/mol. The van der Waals surface area contributed by atoms with Crippen LogP contribution in [0.3, 0.4) is 0 Å². The Hall–Kier alpha value is -2.51. The van der Waals surface area contributed by atoms with Crippen molar-refractivity contribution in [2.24, 2.45) is 12.2 Å². The van der Waals surface area contributed by atoms with Gasteiger partial charge in [-0.15, -0.1) is 0 Å². The van der Waals surface area contributed by atoms with E-state index in [2.05, 4.69) is 15.0 Å². The van der Waals surface area contributed by atoms with Gasteiger partial charge < -0.3 is 4.57 Å². The van der Waals surface area contributed by atoms with Crippen LogP contribution in [-0.4, -0.2) is 14.5 Å². The van der Waals surface area contributed by atoms with Crippen molar-refractivity contribution in [3.05, 3.63) is 56.3 Å². The molecule has 2 rings (SSSR count). The van der Waals surface area contributed by atoms with Gasteiger partial charge in [-0.2, -0.15) is 0 Å². The van der Waals surface area contributed by atoms with Gasteiger partial charge in [0.05, 0.1) is 17.2 Å². The van der Waals surface area contributed by atoms with E-state index in [0.29, 0.717) is 5.82 Å². The van der Waals surface area contributed by atoms with Crippen LogP contribution in [0.1, 0.15) is 31.3 Å². The van der Waals surface area contributed by atoms with E-state index in [0.717, 1.165) is 15.6 Å². The van der Waals surface area contributed by atoms with E-state index in [9.17, 15) is 10.1 Å². The Labute approximate surface area is 137 Å². The first-order valence-electron chi connectivity index (χ1n) is 6.92. The van der Waals surface area contributed by atoms with Gasteiger partial charge in [0.1, 0.15) is 10.9 Å². The van der Waals surface area contributed by atoms with Crippen LogP contribution in [0.15, 0.2) is 39.3 Å². The molecule has 8 nitrogen and oxygen atoms in total. The number of rotatable bonds is 6. The number of nitro groups is 1. The topological polar surface area (TPSA) is 110 Å². The van der Waals surface area contributed by atoms with E-state index in [1.54, 1.807) is 6.07 Å². The Morgan fingerprint density at radius 1 is 1.52 bits per heavy atom. The second-order valence-corrected chi connectivity index (χ2v) is 6.24. The Morgan fingerprint density at radius 3 is 2.87 bits per heavy atom. The molecule has 23 heavy (non-hydrogen) atoms. The van der Waals surface area contributed by atoms with Gasteiger partial charge in [-0.25, -0.2) is 4.98 Å². The standard InChI is InChI=1S/C14H16N6O2S/c1-9(2)13-14(17-12(19(13)3)8-16-18-15)23-11-6-4-5-10(7-11)20(21)22/h4-7,9H,8H2,1-3H3. The lowest BCUT2D eigenvalue weighted by molar-refractivity contribution is -0.385. The lowest BCUT2D eigenvalue weighted by atomic mass is 10.1. The highest BCUT2D eigenvalue weighted by molar-refractivity contribution is 7.99. The number of hydrogen-bond acceptors (Lipinski definition) is 5. The average molecular weight is 332 g/mol. The summed E-state index contributed by atoms with van der Waals surface area (Å²) in [7, 11) is 1.88. The van der Waals surface area contributed by atoms with E-state index >= 15 is 0 Å². The molecule has 1 aromatic carbocycles. The zero-order chi connectivity index (χ0) is 17.0. The van der Waals surface area contributed by atoms with E-state index in [1.807, 2.05) is 31.5 Å². The molecule has 0 unspecified atom stereocenters. The summed E-state index contributed by atoms with van der Waals surface area (Å²) in [6.07, 6.45) is 0. The average Bonchev–Trinajstić information content (AvgIpc) is 2.81. The molecule has 0 aliphatic rings. The molecule has 0 aliphatic heterocycles. The largest absolute Gasteiger partial charge is 0.334 e. The summed E-state index contributed by atoms with van der Waals surface area (Å²) in [4.78, 5) is 18.5. The van der Waals surface area contributed by atoms with Crippen molar-refractivity contribution >= 4 is 17.4 Å². The third-order valence-corrected chi connectivity index (χ3v) is 4.25. The Morgan fingerprint density at radius 2 is 2.26 bits per heavy atom. The van der Waals surface area contributed by atoms with Crippen LogP contribution in [0.25, 0.3) is 10.4 Å². The maximum atomic E-state index is 10.9. The minimum absolute atomic E-state index is 0.0475. The van der Waals surface area contributed by atoms with Crippen molar-refractivity contribution in [3.63, 3.8) is 0 Å². The maximum Gasteiger partial charge on any atom is 0.270 e. The van der Waals surface area contributed by atoms with Crippen LogP contribution < -0.4 is 0 Å². The third-order valence-electron chi connectivity index (χ3n) is 3.26. The quantitative estimate of drug-likeness (QED) is 0.256. The first-order chi connectivity index (χ1) is 10.9. The number of benzene rings is 1. The summed E-state index contributed by atoms with van der Waals surface area (Å²) in [6, 6.07) is 6.44. The molecule has 1 heterocycles. The van der Waals surface area contributed by atoms with Crippen molar-refractivity contribution in [1.29, 1.82) is 0 Å². The number of azide groups is 1. The van der Waals surface area contributed by atoms with Crippen LogP contribution in [0, 0.1) is 10.1 Å². The van der Waals surface area contributed by atoms with Crippen LogP contribution >= 0.6 is 11.8 Å². The fourth-order valence-corrected chi connectivity index (χ4v) is 3.43. The van der Waals surface area contributed by atoms with Gasteiger partial charge in [0.2, 0.25) is 0 Å². The van der Waals surface area contributed by atoms with Gasteiger partial charge in [-0.1, -0.05) is 36.8 Å². The van der Waals surface area contributed by atoms with Gasteiger partial charge >= 0.3 is 0 Å². The van der Waals surface area contributed by atoms with Gasteiger partial charge in [-0.05, 0) is 17.5 Å². The molecule has 0 N–H and O–H groups in total. The molecule has 1 aromatic heterocycles. The summed E-state index contributed by atoms with van der Waals surface area (Å²) in [5.74, 6) is 0.882. The molecule has 0 bridgehead atoms. The second kappa shape index (κ2) is 7.17. The van der Waals surface area contributed by atoms with Crippen LogP contribution in [0.2, 0.25) is 0 Å². The van der Waals surface area contributed by atoms with E-state index < -0.39 is 4.92 Å². The zero-order valence-electron chi connectivity index (χ0n) is 13.0. The molecule has 0 atom stereocenters. The van der Waals surface area contributed by atoms with Crippen molar-refractivity contribution in [2.75, 3.05) is 0 Å². The third kappa shape index (κ3) is 3.82. The molecule has 0 radical (unpaired) electrons. The summed E-state index contributed by atoms with van der Waals surface area (Å²) >= 11 is 1.37. The number of nitrogens with zero attached hydrogens (tertiary/aromatic N) is 6. The molecule has 0 saturated carbocycles. The summed E-state index contributed by atoms with van der Waals surface area (Å²) < 4.78 is 1.92. The number of aromatic nitrogens is 2. The molecular weight excluding hydrogens is 316 g/mol. The molecule has 0 saturated heterocycles. The van der Waals surface area contributed by atoms with Gasteiger partial charge in [0, 0.05) is 29.0 Å². The maximum absolute atomic E-state index is 10.9. The van der Waals surface area contributed by atoms with Gasteiger partial charge in [-0.3, -0.25) is 10.1 Å². The van der Waals surface area contributed by atoms with Crippen molar-refractivity contribution in [2.45, 2.75) is 36.2 Å². The normalized spacial score (nSPS) is 10.6. The first kappa shape index (κ1) is 16.9. The SMILES string of the molecule is CC(C)c1c(Sc2cccc([N+](=O)[O-])c2)nc(CN=[N+]=[N-])n1C. The number of hydrogen-bond donors (Lipinski definition) is 0. The number of nitro benzene ring substituents is 1. The smallest absolute Gasteiger partial charge is 0.270 e. The first-order valence-corrected chi connectivity index (χ1v) is 7.74. The van der Waals surface area contributed by atoms with E-state index in [4.69, 9.17) is 5.53 Å². The highest BCUT2D eigenvalue weighted by Gasteiger charge is 2.18. The lowest BCUT2D eigenvalue weighted by Crippen LogP contribution is -2.02. The molecule has 9 heteroatoms. The fourth-order valence-electron chi connectivity index (χ4n) is 2.25. The molecular formula is C14H16N6O2S. The number of non-ortho nitro benzene ring substituents is 1. The molecule has 120 valence electrons. The van der Waals surface area contributed by atoms with Crippen LogP contribution in [0.4, 0.5) is 5.69 Å². The number of imidazole rings is 1. The predicted octanol–water partition coefficient (Wildman–Crippen LogP) is 4.41. The molecule has 0 aliphatic carbocycles. The highest BCUT2D eigenvalue weighted by Crippen LogP contribution is 2.35. The van der Waals surface area contributed by atoms with Crippen LogP contribution in [-0.2, 0) is 13.6 Å². The van der Waals surface area contributed by atoms with Crippen LogP contribution in [0.5, 0.6) is 0 Å². The minimum atomic E-state index is -0.418. The Kier molecular flexibility index (Phi) is 5.25. The lowest BCUT2D eigenvalue weighted by Gasteiger charge is -2.10. The zero-order valence-corrected chi connectivity index (χ0v) is 13.8. The molecule has 0 amide bonds. The van der Waals surface area contributed by atoms with Crippen molar-refractivity contribution in [3.8, 4) is 0 Å². The van der Waals surface area contributed by atoms with E-state index in [-0.39, 0.29) is 18.2 Å². The summed E-state index contributed by atoms with van der Waals surface area (Å²) in [5.41, 5.74) is 9.53. The second-order valence-electron chi connectivity index (χ2n) is 5.18. The highest BCUT2D eigenvalue weighted by atomic mass is 32.2. The Bertz CT molecular complexity index is 780. The minimum Gasteiger partial charge on any atom is -0.334 e. The van der Waals surface area contributed by atoms with E-state index in [1.165, 1.54) is 23.9 Å². The Balaban J connectivity index is 2.40. The summed E-state index contributed by atoms with van der Waals surface area (Å²) in [6.45, 7) is 4.26. The van der Waals surface area contributed by atoms with Gasteiger partial charge in [0.15, 0.2) is 0 Å². The fraction of sp³-hybridized carbons (Fsp3) is 0.357.